The second kappa shape index (κ2) is 6.22. The molecule has 1 aliphatic rings. The van der Waals surface area contributed by atoms with Crippen molar-refractivity contribution in [2.24, 2.45) is 0 Å². The van der Waals surface area contributed by atoms with Crippen molar-refractivity contribution in [1.82, 2.24) is 0 Å². The fourth-order valence-electron chi connectivity index (χ4n) is 1.86. The van der Waals surface area contributed by atoms with Gasteiger partial charge in [-0.15, -0.1) is 0 Å². The predicted octanol–water partition coefficient (Wildman–Crippen LogP) is 3.46. The van der Waals surface area contributed by atoms with E-state index in [0.717, 1.165) is 36.8 Å². The van der Waals surface area contributed by atoms with Crippen LogP contribution in [0, 0.1) is 22.7 Å². The van der Waals surface area contributed by atoms with Crippen molar-refractivity contribution in [3.63, 3.8) is 0 Å². The van der Waals surface area contributed by atoms with Crippen molar-refractivity contribution in [2.45, 2.75) is 51.4 Å². The lowest BCUT2D eigenvalue weighted by Gasteiger charge is -2.07. The molecule has 0 aliphatic heterocycles. The van der Waals surface area contributed by atoms with E-state index in [1.165, 1.54) is 25.7 Å². The van der Waals surface area contributed by atoms with Gasteiger partial charge in [0.25, 0.3) is 0 Å². The summed E-state index contributed by atoms with van der Waals surface area (Å²) in [6.07, 6.45) is 8.69. The van der Waals surface area contributed by atoms with E-state index in [9.17, 15) is 0 Å². The summed E-state index contributed by atoms with van der Waals surface area (Å²) in [6.45, 7) is 0. The van der Waals surface area contributed by atoms with Gasteiger partial charge in [-0.2, -0.15) is 10.5 Å². The maximum atomic E-state index is 8.91. The van der Waals surface area contributed by atoms with Crippen molar-refractivity contribution in [3.8, 4) is 12.1 Å². The first-order chi connectivity index (χ1) is 6.88. The zero-order valence-electron chi connectivity index (χ0n) is 8.55. The van der Waals surface area contributed by atoms with Crippen LogP contribution in [0.2, 0.25) is 0 Å². The highest BCUT2D eigenvalue weighted by Crippen LogP contribution is 2.21. The lowest BCUT2D eigenvalue weighted by atomic mass is 9.96. The van der Waals surface area contributed by atoms with Crippen LogP contribution in [0.5, 0.6) is 0 Å². The lowest BCUT2D eigenvalue weighted by molar-refractivity contribution is 0.584. The first kappa shape index (κ1) is 10.8. The summed E-state index contributed by atoms with van der Waals surface area (Å²) >= 11 is 0. The third-order valence-electron chi connectivity index (χ3n) is 2.74. The van der Waals surface area contributed by atoms with Crippen LogP contribution in [-0.2, 0) is 0 Å². The number of nitriles is 2. The second-order valence-corrected chi connectivity index (χ2v) is 3.80. The summed E-state index contributed by atoms with van der Waals surface area (Å²) in [5.74, 6) is 0. The molecule has 0 aromatic heterocycles. The Morgan fingerprint density at radius 1 is 0.643 bits per heavy atom. The summed E-state index contributed by atoms with van der Waals surface area (Å²) in [5.41, 5.74) is 1.46. The van der Waals surface area contributed by atoms with E-state index in [1.54, 1.807) is 0 Å². The topological polar surface area (TPSA) is 47.6 Å². The maximum absolute atomic E-state index is 8.91. The van der Waals surface area contributed by atoms with Crippen LogP contribution in [0.4, 0.5) is 0 Å². The van der Waals surface area contributed by atoms with Gasteiger partial charge in [-0.05, 0) is 25.7 Å². The number of hydrogen-bond donors (Lipinski definition) is 0. The van der Waals surface area contributed by atoms with Gasteiger partial charge >= 0.3 is 0 Å². The molecule has 0 fully saturated rings. The van der Waals surface area contributed by atoms with Crippen LogP contribution < -0.4 is 0 Å². The molecule has 0 spiro atoms. The third kappa shape index (κ3) is 3.23. The van der Waals surface area contributed by atoms with Gasteiger partial charge in [-0.1, -0.05) is 25.7 Å². The van der Waals surface area contributed by atoms with Gasteiger partial charge in [-0.3, -0.25) is 0 Å². The zero-order valence-corrected chi connectivity index (χ0v) is 8.55. The van der Waals surface area contributed by atoms with E-state index in [1.807, 2.05) is 0 Å². The highest BCUT2D eigenvalue weighted by molar-refractivity contribution is 5.36. The van der Waals surface area contributed by atoms with Crippen molar-refractivity contribution >= 4 is 0 Å². The van der Waals surface area contributed by atoms with Gasteiger partial charge in [-0.25, -0.2) is 0 Å². The molecule has 0 bridgehead atoms. The first-order valence-corrected chi connectivity index (χ1v) is 5.40. The van der Waals surface area contributed by atoms with Crippen molar-refractivity contribution < 1.29 is 0 Å². The largest absolute Gasteiger partial charge is 0.193 e. The Morgan fingerprint density at radius 3 is 1.36 bits per heavy atom. The Balaban J connectivity index is 2.71. The molecule has 0 unspecified atom stereocenters. The van der Waals surface area contributed by atoms with E-state index in [4.69, 9.17) is 10.5 Å². The molecular formula is C12H16N2. The minimum Gasteiger partial charge on any atom is -0.193 e. The number of rotatable bonds is 0. The van der Waals surface area contributed by atoms with E-state index in [0.29, 0.717) is 0 Å². The molecule has 1 rings (SSSR count). The third-order valence-corrected chi connectivity index (χ3v) is 2.74. The van der Waals surface area contributed by atoms with E-state index < -0.39 is 0 Å². The molecule has 0 aromatic carbocycles. The molecule has 14 heavy (non-hydrogen) atoms. The highest BCUT2D eigenvalue weighted by Gasteiger charge is 2.07. The number of nitrogens with zero attached hydrogens (tertiary/aromatic N) is 2. The van der Waals surface area contributed by atoms with Crippen LogP contribution in [0.1, 0.15) is 51.4 Å². The van der Waals surface area contributed by atoms with Gasteiger partial charge in [0.1, 0.15) is 0 Å². The average Bonchev–Trinajstić information content (AvgIpc) is 2.24. The van der Waals surface area contributed by atoms with Crippen LogP contribution in [0.15, 0.2) is 11.1 Å². The van der Waals surface area contributed by atoms with Crippen molar-refractivity contribution in [3.05, 3.63) is 11.1 Å². The smallest absolute Gasteiger partial charge is 0.0957 e. The molecule has 2 heteroatoms. The molecule has 0 aromatic rings. The van der Waals surface area contributed by atoms with Gasteiger partial charge in [0.05, 0.1) is 12.1 Å². The summed E-state index contributed by atoms with van der Waals surface area (Å²) in [4.78, 5) is 0. The maximum Gasteiger partial charge on any atom is 0.0957 e. The van der Waals surface area contributed by atoms with Crippen LogP contribution in [0.3, 0.4) is 0 Å². The summed E-state index contributed by atoms with van der Waals surface area (Å²) in [6, 6.07) is 4.36. The predicted molar refractivity (Wildman–Crippen MR) is 55.2 cm³/mol. The van der Waals surface area contributed by atoms with E-state index in [2.05, 4.69) is 12.1 Å². The molecule has 1 aliphatic carbocycles. The van der Waals surface area contributed by atoms with Crippen LogP contribution in [0.25, 0.3) is 0 Å². The molecule has 0 radical (unpaired) electrons. The fraction of sp³-hybridized carbons (Fsp3) is 0.667. The average molecular weight is 188 g/mol. The summed E-state index contributed by atoms with van der Waals surface area (Å²) < 4.78 is 0. The molecule has 0 saturated carbocycles. The van der Waals surface area contributed by atoms with Crippen LogP contribution in [-0.4, -0.2) is 0 Å². The number of allylic oxidation sites excluding steroid dienone is 2. The van der Waals surface area contributed by atoms with E-state index in [-0.39, 0.29) is 0 Å². The minimum atomic E-state index is 0.731. The molecule has 0 N–H and O–H groups in total. The quantitative estimate of drug-likeness (QED) is 0.584. The SMILES string of the molecule is N#C/C1=C(\C#N)CCCCCCCC1. The monoisotopic (exact) mass is 188 g/mol. The molecule has 2 nitrogen and oxygen atoms in total. The van der Waals surface area contributed by atoms with Gasteiger partial charge < -0.3 is 0 Å². The number of hydrogen-bond acceptors (Lipinski definition) is 2. The Morgan fingerprint density at radius 2 is 1.00 bits per heavy atom. The highest BCUT2D eigenvalue weighted by atomic mass is 14.3. The van der Waals surface area contributed by atoms with Crippen LogP contribution >= 0.6 is 0 Å². The molecule has 0 atom stereocenters. The Labute approximate surface area is 85.8 Å². The Hall–Kier alpha value is -1.28. The van der Waals surface area contributed by atoms with Crippen molar-refractivity contribution in [2.75, 3.05) is 0 Å². The van der Waals surface area contributed by atoms with Gasteiger partial charge in [0.15, 0.2) is 0 Å². The van der Waals surface area contributed by atoms with Crippen molar-refractivity contribution in [1.29, 1.82) is 10.5 Å². The fourth-order valence-corrected chi connectivity index (χ4v) is 1.86. The standard InChI is InChI=1S/C12H16N2/c13-9-11-7-5-3-1-2-4-6-8-12(11)10-14/h1-8H2/b12-11-. The lowest BCUT2D eigenvalue weighted by Crippen LogP contribution is -1.93. The van der Waals surface area contributed by atoms with Gasteiger partial charge in [0.2, 0.25) is 0 Å². The zero-order chi connectivity index (χ0) is 10.2. The van der Waals surface area contributed by atoms with E-state index >= 15 is 0 Å². The first-order valence-electron chi connectivity index (χ1n) is 5.40. The Bertz CT molecular complexity index is 258. The molecule has 74 valence electrons. The molecular weight excluding hydrogens is 172 g/mol. The molecule has 0 heterocycles. The van der Waals surface area contributed by atoms with Gasteiger partial charge in [0, 0.05) is 11.1 Å². The molecule has 0 amide bonds. The Kier molecular flexibility index (Phi) is 4.79. The minimum absolute atomic E-state index is 0.731. The summed E-state index contributed by atoms with van der Waals surface area (Å²) in [7, 11) is 0. The normalized spacial score (nSPS) is 24.7. The summed E-state index contributed by atoms with van der Waals surface area (Å²) in [5, 5.41) is 17.8. The molecule has 0 saturated heterocycles. The second-order valence-electron chi connectivity index (χ2n) is 3.80.